The second-order valence-corrected chi connectivity index (χ2v) is 6.11. The fourth-order valence-corrected chi connectivity index (χ4v) is 3.29. The molecular weight excluding hydrogens is 418 g/mol. The Bertz CT molecular complexity index is 684. The first-order valence-electron chi connectivity index (χ1n) is 8.12. The zero-order valence-electron chi connectivity index (χ0n) is 15.1. The van der Waals surface area contributed by atoms with Crippen molar-refractivity contribution in [3.8, 4) is 0 Å². The second kappa shape index (κ2) is 12.7. The predicted octanol–water partition coefficient (Wildman–Crippen LogP) is -3.28. The van der Waals surface area contributed by atoms with Gasteiger partial charge in [0.2, 0.25) is 0 Å². The molecule has 0 heterocycles. The van der Waals surface area contributed by atoms with Gasteiger partial charge in [0.25, 0.3) is 0 Å². The minimum absolute atomic E-state index is 0. The van der Waals surface area contributed by atoms with Crippen LogP contribution >= 0.6 is 0 Å². The molecule has 4 heteroatoms. The van der Waals surface area contributed by atoms with E-state index in [1.165, 1.54) is 28.7 Å². The molecule has 26 heavy (non-hydrogen) atoms. The Morgan fingerprint density at radius 3 is 1.65 bits per heavy atom. The van der Waals surface area contributed by atoms with E-state index in [2.05, 4.69) is 92.7 Å². The van der Waals surface area contributed by atoms with Crippen LogP contribution in [0.5, 0.6) is 0 Å². The Morgan fingerprint density at radius 1 is 0.769 bits per heavy atom. The molecule has 0 amide bonds. The second-order valence-electron chi connectivity index (χ2n) is 6.11. The van der Waals surface area contributed by atoms with Gasteiger partial charge in [-0.05, 0) is 16.5 Å². The molecule has 0 bridgehead atoms. The molecule has 3 rings (SSSR count). The molecular formula is C22H23Cl3Ti. The van der Waals surface area contributed by atoms with Gasteiger partial charge in [-0.15, -0.1) is 5.56 Å². The van der Waals surface area contributed by atoms with Gasteiger partial charge in [0, 0.05) is 0 Å². The molecule has 3 aromatic carbocycles. The van der Waals surface area contributed by atoms with Gasteiger partial charge in [-0.1, -0.05) is 87.4 Å². The van der Waals surface area contributed by atoms with Gasteiger partial charge in [0.15, 0.2) is 0 Å². The van der Waals surface area contributed by atoms with E-state index in [9.17, 15) is 0 Å². The summed E-state index contributed by atoms with van der Waals surface area (Å²) in [5.41, 5.74) is 5.41. The van der Waals surface area contributed by atoms with Crippen LogP contribution in [-0.4, -0.2) is 0 Å². The Kier molecular flexibility index (Phi) is 13.5. The number of rotatable bonds is 5. The zero-order valence-corrected chi connectivity index (χ0v) is 18.9. The van der Waals surface area contributed by atoms with E-state index >= 15 is 0 Å². The molecule has 0 nitrogen and oxygen atoms in total. The monoisotopic (exact) mass is 440 g/mol. The SMILES string of the molecule is CCCc1cc[c-](C(C)(c2ccccc2)c2ccccc2)c1.[Cl-].[Cl-].[Cl-].[Ti+4]. The summed E-state index contributed by atoms with van der Waals surface area (Å²) >= 11 is 0. The summed E-state index contributed by atoms with van der Waals surface area (Å²) in [5, 5.41) is 0. The molecule has 136 valence electrons. The van der Waals surface area contributed by atoms with Crippen molar-refractivity contribution in [3.05, 3.63) is 101 Å². The molecule has 0 radical (unpaired) electrons. The van der Waals surface area contributed by atoms with Gasteiger partial charge in [0.1, 0.15) is 0 Å². The first-order valence-corrected chi connectivity index (χ1v) is 8.12. The maximum Gasteiger partial charge on any atom is 4.00 e. The van der Waals surface area contributed by atoms with Crippen molar-refractivity contribution in [2.24, 2.45) is 0 Å². The number of benzene rings is 2. The van der Waals surface area contributed by atoms with Crippen LogP contribution in [0, 0.1) is 0 Å². The fourth-order valence-electron chi connectivity index (χ4n) is 3.29. The van der Waals surface area contributed by atoms with Gasteiger partial charge < -0.3 is 37.2 Å². The molecule has 0 unspecified atom stereocenters. The normalized spacial score (nSPS) is 9.77. The van der Waals surface area contributed by atoms with Crippen LogP contribution in [0.15, 0.2) is 78.9 Å². The molecule has 0 atom stereocenters. The summed E-state index contributed by atoms with van der Waals surface area (Å²) in [5.74, 6) is 0. The molecule has 0 aromatic heterocycles. The van der Waals surface area contributed by atoms with Gasteiger partial charge in [0.05, 0.1) is 0 Å². The average molecular weight is 442 g/mol. The van der Waals surface area contributed by atoms with Crippen molar-refractivity contribution in [3.63, 3.8) is 0 Å². The standard InChI is InChI=1S/C22H23.3ClH.Ti/c1-3-10-18-15-16-21(17-18)22(2,19-11-6-4-7-12-19)20-13-8-5-9-14-20;;;;/h4-9,11-17H,3,10H2,1-2H3;3*1H;/q-1;;;;+4/p-3. The van der Waals surface area contributed by atoms with Crippen molar-refractivity contribution < 1.29 is 58.9 Å². The largest absolute Gasteiger partial charge is 4.00 e. The van der Waals surface area contributed by atoms with Crippen LogP contribution in [0.2, 0.25) is 0 Å². The summed E-state index contributed by atoms with van der Waals surface area (Å²) < 4.78 is 0. The maximum atomic E-state index is 2.38. The summed E-state index contributed by atoms with van der Waals surface area (Å²) in [6, 6.07) is 28.6. The molecule has 0 N–H and O–H groups in total. The van der Waals surface area contributed by atoms with Gasteiger partial charge in [-0.25, -0.2) is 6.07 Å². The maximum absolute atomic E-state index is 2.38. The Hall–Kier alpha value is -0.626. The Morgan fingerprint density at radius 2 is 1.23 bits per heavy atom. The molecule has 0 saturated carbocycles. The van der Waals surface area contributed by atoms with Crippen molar-refractivity contribution >= 4 is 0 Å². The quantitative estimate of drug-likeness (QED) is 0.288. The smallest absolute Gasteiger partial charge is 1.00 e. The third-order valence-electron chi connectivity index (χ3n) is 4.64. The van der Waals surface area contributed by atoms with Crippen molar-refractivity contribution in [2.75, 3.05) is 0 Å². The fraction of sp³-hybridized carbons (Fsp3) is 0.227. The van der Waals surface area contributed by atoms with E-state index in [0.29, 0.717) is 0 Å². The van der Waals surface area contributed by atoms with E-state index in [0.717, 1.165) is 6.42 Å². The van der Waals surface area contributed by atoms with E-state index < -0.39 is 0 Å². The molecule has 0 spiro atoms. The number of hydrogen-bond acceptors (Lipinski definition) is 0. The molecule has 0 aliphatic carbocycles. The van der Waals surface area contributed by atoms with E-state index in [-0.39, 0.29) is 64.4 Å². The third-order valence-corrected chi connectivity index (χ3v) is 4.64. The molecule has 0 aliphatic heterocycles. The predicted molar refractivity (Wildman–Crippen MR) is 94.5 cm³/mol. The number of aryl methyl sites for hydroxylation is 1. The first kappa shape index (κ1) is 27.6. The van der Waals surface area contributed by atoms with E-state index in [1.807, 2.05) is 0 Å². The summed E-state index contributed by atoms with van der Waals surface area (Å²) in [4.78, 5) is 0. The van der Waals surface area contributed by atoms with Crippen LogP contribution < -0.4 is 37.2 Å². The first-order chi connectivity index (χ1) is 10.7. The molecule has 0 aliphatic rings. The summed E-state index contributed by atoms with van der Waals surface area (Å²) in [7, 11) is 0. The van der Waals surface area contributed by atoms with Crippen molar-refractivity contribution in [2.45, 2.75) is 32.1 Å². The Balaban J connectivity index is 0. The van der Waals surface area contributed by atoms with E-state index in [4.69, 9.17) is 0 Å². The summed E-state index contributed by atoms with van der Waals surface area (Å²) in [6.45, 7) is 4.57. The summed E-state index contributed by atoms with van der Waals surface area (Å²) in [6.07, 6.45) is 2.34. The van der Waals surface area contributed by atoms with Crippen LogP contribution in [0.4, 0.5) is 0 Å². The topological polar surface area (TPSA) is 0 Å². The van der Waals surface area contributed by atoms with Crippen LogP contribution in [0.25, 0.3) is 0 Å². The molecule has 3 aromatic rings. The molecule has 0 fully saturated rings. The van der Waals surface area contributed by atoms with E-state index in [1.54, 1.807) is 0 Å². The molecule has 0 saturated heterocycles. The third kappa shape index (κ3) is 5.68. The van der Waals surface area contributed by atoms with Crippen LogP contribution in [0.3, 0.4) is 0 Å². The van der Waals surface area contributed by atoms with Crippen molar-refractivity contribution in [1.82, 2.24) is 0 Å². The minimum Gasteiger partial charge on any atom is -1.00 e. The Labute approximate surface area is 191 Å². The zero-order chi connectivity index (χ0) is 15.4. The minimum atomic E-state index is -0.103. The van der Waals surface area contributed by atoms with Gasteiger partial charge in [-0.2, -0.15) is 17.7 Å². The van der Waals surface area contributed by atoms with Crippen LogP contribution in [-0.2, 0) is 33.6 Å². The van der Waals surface area contributed by atoms with Crippen molar-refractivity contribution in [1.29, 1.82) is 0 Å². The number of halogens is 3. The van der Waals surface area contributed by atoms with Gasteiger partial charge in [-0.3, -0.25) is 0 Å². The van der Waals surface area contributed by atoms with Gasteiger partial charge >= 0.3 is 21.7 Å². The number of hydrogen-bond donors (Lipinski definition) is 0. The van der Waals surface area contributed by atoms with Crippen LogP contribution in [0.1, 0.15) is 42.5 Å². The average Bonchev–Trinajstić information content (AvgIpc) is 3.05.